The van der Waals surface area contributed by atoms with Crippen molar-refractivity contribution in [3.05, 3.63) is 20.8 Å². The number of rotatable bonds is 5. The Morgan fingerprint density at radius 3 is 2.95 bits per heavy atom. The van der Waals surface area contributed by atoms with E-state index in [1.807, 2.05) is 0 Å². The van der Waals surface area contributed by atoms with Crippen LogP contribution in [0.4, 0.5) is 0 Å². The second-order valence-electron chi connectivity index (χ2n) is 4.76. The lowest BCUT2D eigenvalue weighted by Gasteiger charge is -2.19. The number of nitrogens with one attached hydrogen (secondary N) is 1. The molecular weight excluding hydrogens is 348 g/mol. The number of nitrogens with zero attached hydrogens (tertiary/aromatic N) is 1. The number of sulfone groups is 1. The van der Waals surface area contributed by atoms with E-state index in [9.17, 15) is 8.42 Å². The van der Waals surface area contributed by atoms with Crippen LogP contribution in [0.25, 0.3) is 0 Å². The summed E-state index contributed by atoms with van der Waals surface area (Å²) >= 11 is 5.18. The number of halogens is 1. The van der Waals surface area contributed by atoms with Crippen LogP contribution in [-0.4, -0.2) is 51.0 Å². The van der Waals surface area contributed by atoms with Gasteiger partial charge < -0.3 is 10.2 Å². The Kier molecular flexibility index (Phi) is 5.83. The molecule has 1 aliphatic heterocycles. The summed E-state index contributed by atoms with van der Waals surface area (Å²) in [5.74, 6) is 0.658. The molecule has 0 unspecified atom stereocenters. The summed E-state index contributed by atoms with van der Waals surface area (Å²) in [7, 11) is -2.79. The molecule has 0 bridgehead atoms. The van der Waals surface area contributed by atoms with Gasteiger partial charge in [0, 0.05) is 40.9 Å². The zero-order valence-electron chi connectivity index (χ0n) is 10.8. The van der Waals surface area contributed by atoms with Crippen LogP contribution in [0.2, 0.25) is 0 Å². The van der Waals surface area contributed by atoms with E-state index < -0.39 is 9.84 Å². The zero-order chi connectivity index (χ0) is 13.7. The summed E-state index contributed by atoms with van der Waals surface area (Å²) in [6, 6.07) is 2.12. The highest BCUT2D eigenvalue weighted by Crippen LogP contribution is 2.19. The zero-order valence-corrected chi connectivity index (χ0v) is 14.0. The lowest BCUT2D eigenvalue weighted by molar-refractivity contribution is 0.294. The average Bonchev–Trinajstić information content (AvgIpc) is 2.68. The van der Waals surface area contributed by atoms with Gasteiger partial charge in [0.05, 0.1) is 11.5 Å². The van der Waals surface area contributed by atoms with Crippen LogP contribution in [-0.2, 0) is 16.4 Å². The van der Waals surface area contributed by atoms with Gasteiger partial charge in [-0.2, -0.15) is 0 Å². The number of thiophene rings is 1. The Bertz CT molecular complexity index is 502. The van der Waals surface area contributed by atoms with Crippen LogP contribution in [0.5, 0.6) is 0 Å². The quantitative estimate of drug-likeness (QED) is 0.806. The van der Waals surface area contributed by atoms with Crippen molar-refractivity contribution in [3.63, 3.8) is 0 Å². The van der Waals surface area contributed by atoms with Gasteiger partial charge in [-0.15, -0.1) is 11.3 Å². The van der Waals surface area contributed by atoms with Crippen molar-refractivity contribution in [2.24, 2.45) is 0 Å². The molecule has 0 amide bonds. The van der Waals surface area contributed by atoms with Gasteiger partial charge in [0.1, 0.15) is 0 Å². The monoisotopic (exact) mass is 366 g/mol. The van der Waals surface area contributed by atoms with Gasteiger partial charge in [-0.1, -0.05) is 0 Å². The maximum atomic E-state index is 11.5. The predicted octanol–water partition coefficient (Wildman–Crippen LogP) is 1.72. The fourth-order valence-electron chi connectivity index (χ4n) is 2.11. The highest BCUT2D eigenvalue weighted by atomic mass is 79.9. The molecule has 0 radical (unpaired) electrons. The number of hydrogen-bond acceptors (Lipinski definition) is 5. The molecule has 0 aliphatic carbocycles. The Hall–Kier alpha value is 0.0500. The maximum Gasteiger partial charge on any atom is 0.151 e. The fraction of sp³-hybridized carbons (Fsp3) is 0.667. The lowest BCUT2D eigenvalue weighted by Crippen LogP contribution is -2.34. The molecule has 7 heteroatoms. The number of hydrogen-bond donors (Lipinski definition) is 1. The van der Waals surface area contributed by atoms with E-state index in [1.165, 1.54) is 4.88 Å². The molecule has 0 spiro atoms. The third kappa shape index (κ3) is 5.51. The summed E-state index contributed by atoms with van der Waals surface area (Å²) in [4.78, 5) is 3.55. The minimum Gasteiger partial charge on any atom is -0.311 e. The van der Waals surface area contributed by atoms with Gasteiger partial charge in [0.15, 0.2) is 9.84 Å². The van der Waals surface area contributed by atoms with E-state index >= 15 is 0 Å². The highest BCUT2D eigenvalue weighted by Gasteiger charge is 2.18. The van der Waals surface area contributed by atoms with E-state index in [1.54, 1.807) is 11.3 Å². The molecule has 0 aromatic carbocycles. The molecule has 1 fully saturated rings. The Morgan fingerprint density at radius 1 is 1.37 bits per heavy atom. The van der Waals surface area contributed by atoms with Crippen LogP contribution in [0.1, 0.15) is 11.3 Å². The fourth-order valence-corrected chi connectivity index (χ4v) is 4.84. The molecule has 2 rings (SSSR count). The Balaban J connectivity index is 1.65. The third-order valence-electron chi connectivity index (χ3n) is 3.17. The first-order valence-electron chi connectivity index (χ1n) is 6.41. The maximum absolute atomic E-state index is 11.5. The summed E-state index contributed by atoms with van der Waals surface area (Å²) in [6.45, 7) is 4.26. The smallest absolute Gasteiger partial charge is 0.151 e. The SMILES string of the molecule is O=S1(=O)CCCN(CCNCc2cc(Br)cs2)CC1. The minimum absolute atomic E-state index is 0.310. The molecule has 1 aromatic heterocycles. The largest absolute Gasteiger partial charge is 0.311 e. The van der Waals surface area contributed by atoms with Crippen LogP contribution < -0.4 is 5.32 Å². The summed E-state index contributed by atoms with van der Waals surface area (Å²) < 4.78 is 24.1. The van der Waals surface area contributed by atoms with Gasteiger partial charge in [-0.3, -0.25) is 0 Å². The van der Waals surface area contributed by atoms with E-state index in [4.69, 9.17) is 0 Å². The first kappa shape index (κ1) is 15.4. The Labute approximate surface area is 127 Å². The van der Waals surface area contributed by atoms with Crippen LogP contribution in [0, 0.1) is 0 Å². The summed E-state index contributed by atoms with van der Waals surface area (Å²) in [6.07, 6.45) is 0.764. The predicted molar refractivity (Wildman–Crippen MR) is 83.4 cm³/mol. The van der Waals surface area contributed by atoms with Crippen molar-refractivity contribution in [2.75, 3.05) is 37.7 Å². The molecular formula is C12H19BrN2O2S2. The topological polar surface area (TPSA) is 49.4 Å². The second-order valence-corrected chi connectivity index (χ2v) is 8.97. The molecule has 4 nitrogen and oxygen atoms in total. The molecule has 1 saturated heterocycles. The van der Waals surface area contributed by atoms with Gasteiger partial charge in [0.2, 0.25) is 0 Å². The molecule has 108 valence electrons. The molecule has 0 saturated carbocycles. The van der Waals surface area contributed by atoms with Crippen LogP contribution >= 0.6 is 27.3 Å². The van der Waals surface area contributed by atoms with Crippen molar-refractivity contribution in [2.45, 2.75) is 13.0 Å². The highest BCUT2D eigenvalue weighted by molar-refractivity contribution is 9.10. The van der Waals surface area contributed by atoms with Crippen LogP contribution in [0.15, 0.2) is 15.9 Å². The van der Waals surface area contributed by atoms with E-state index in [2.05, 4.69) is 37.6 Å². The van der Waals surface area contributed by atoms with Gasteiger partial charge in [-0.25, -0.2) is 8.42 Å². The molecule has 0 atom stereocenters. The van der Waals surface area contributed by atoms with Gasteiger partial charge in [0.25, 0.3) is 0 Å². The van der Waals surface area contributed by atoms with Crippen molar-refractivity contribution in [1.82, 2.24) is 10.2 Å². The standard InChI is InChI=1S/C12H19BrN2O2S2/c13-11-8-12(18-10-11)9-14-2-4-15-3-1-6-19(16,17)7-5-15/h8,10,14H,1-7,9H2. The molecule has 1 aromatic rings. The van der Waals surface area contributed by atoms with Crippen molar-refractivity contribution in [3.8, 4) is 0 Å². The van der Waals surface area contributed by atoms with E-state index in [-0.39, 0.29) is 0 Å². The molecule has 1 aliphatic rings. The van der Waals surface area contributed by atoms with Gasteiger partial charge in [-0.05, 0) is 35.0 Å². The van der Waals surface area contributed by atoms with Gasteiger partial charge >= 0.3 is 0 Å². The van der Waals surface area contributed by atoms with Crippen molar-refractivity contribution in [1.29, 1.82) is 0 Å². The normalized spacial score (nSPS) is 20.3. The first-order valence-corrected chi connectivity index (χ1v) is 9.91. The molecule has 1 N–H and O–H groups in total. The van der Waals surface area contributed by atoms with Crippen molar-refractivity contribution < 1.29 is 8.42 Å². The van der Waals surface area contributed by atoms with Crippen LogP contribution in [0.3, 0.4) is 0 Å². The minimum atomic E-state index is -2.79. The first-order chi connectivity index (χ1) is 9.05. The third-order valence-corrected chi connectivity index (χ3v) is 6.59. The van der Waals surface area contributed by atoms with Crippen molar-refractivity contribution >= 4 is 37.1 Å². The molecule has 19 heavy (non-hydrogen) atoms. The Morgan fingerprint density at radius 2 is 2.21 bits per heavy atom. The second kappa shape index (κ2) is 7.17. The summed E-state index contributed by atoms with van der Waals surface area (Å²) in [5, 5.41) is 5.48. The lowest BCUT2D eigenvalue weighted by atomic mass is 10.4. The summed E-state index contributed by atoms with van der Waals surface area (Å²) in [5.41, 5.74) is 0. The molecule has 2 heterocycles. The van der Waals surface area contributed by atoms with E-state index in [0.29, 0.717) is 18.1 Å². The average molecular weight is 367 g/mol. The van der Waals surface area contributed by atoms with E-state index in [0.717, 1.165) is 37.1 Å².